The van der Waals surface area contributed by atoms with E-state index in [0.717, 1.165) is 11.1 Å². The molecule has 4 aromatic rings. The Morgan fingerprint density at radius 1 is 1.15 bits per heavy atom. The second-order valence-corrected chi connectivity index (χ2v) is 7.05. The zero-order valence-electron chi connectivity index (χ0n) is 13.7. The molecule has 3 aromatic heterocycles. The first-order valence-electron chi connectivity index (χ1n) is 7.80. The largest absolute Gasteiger partial charge is 0.411 e. The van der Waals surface area contributed by atoms with E-state index in [1.807, 2.05) is 31.2 Å². The molecule has 0 spiro atoms. The van der Waals surface area contributed by atoms with Crippen LogP contribution in [-0.2, 0) is 5.75 Å². The molecular weight excluding hydrogens is 372 g/mol. The molecule has 0 bridgehead atoms. The third-order valence-electron chi connectivity index (χ3n) is 3.73. The van der Waals surface area contributed by atoms with Gasteiger partial charge in [-0.3, -0.25) is 9.20 Å². The first-order valence-corrected chi connectivity index (χ1v) is 9.16. The average Bonchev–Trinajstić information content (AvgIpc) is 3.10. The maximum atomic E-state index is 12.2. The number of nitrogens with zero attached hydrogens (tertiary/aromatic N) is 4. The third kappa shape index (κ3) is 3.49. The summed E-state index contributed by atoms with van der Waals surface area (Å²) in [7, 11) is 0. The van der Waals surface area contributed by atoms with E-state index in [-0.39, 0.29) is 5.56 Å². The second kappa shape index (κ2) is 6.93. The fourth-order valence-corrected chi connectivity index (χ4v) is 3.23. The van der Waals surface area contributed by atoms with Gasteiger partial charge in [0.05, 0.1) is 10.7 Å². The van der Waals surface area contributed by atoms with Crippen molar-refractivity contribution in [1.82, 2.24) is 19.6 Å². The van der Waals surface area contributed by atoms with Gasteiger partial charge >= 0.3 is 0 Å². The van der Waals surface area contributed by atoms with Crippen LogP contribution < -0.4 is 5.56 Å². The van der Waals surface area contributed by atoms with Crippen LogP contribution in [0.4, 0.5) is 0 Å². The van der Waals surface area contributed by atoms with E-state index in [1.54, 1.807) is 18.3 Å². The Hall–Kier alpha value is -2.64. The van der Waals surface area contributed by atoms with Gasteiger partial charge in [-0.15, -0.1) is 10.2 Å². The van der Waals surface area contributed by atoms with Crippen LogP contribution in [0.25, 0.3) is 17.1 Å². The lowest BCUT2D eigenvalue weighted by Gasteiger charge is -2.03. The molecule has 4 rings (SSSR count). The van der Waals surface area contributed by atoms with Crippen molar-refractivity contribution in [3.05, 3.63) is 75.3 Å². The van der Waals surface area contributed by atoms with Gasteiger partial charge in [-0.1, -0.05) is 41.1 Å². The van der Waals surface area contributed by atoms with Gasteiger partial charge in [-0.05, 0) is 31.2 Å². The van der Waals surface area contributed by atoms with Gasteiger partial charge in [-0.25, -0.2) is 4.98 Å². The van der Waals surface area contributed by atoms with Crippen LogP contribution in [0.3, 0.4) is 0 Å². The normalized spacial score (nSPS) is 11.2. The number of aryl methyl sites for hydroxylation is 1. The van der Waals surface area contributed by atoms with Crippen LogP contribution in [-0.4, -0.2) is 19.6 Å². The van der Waals surface area contributed by atoms with E-state index in [0.29, 0.717) is 33.2 Å². The molecule has 0 saturated heterocycles. The van der Waals surface area contributed by atoms with E-state index in [4.69, 9.17) is 16.0 Å². The lowest BCUT2D eigenvalue weighted by atomic mass is 10.1. The summed E-state index contributed by atoms with van der Waals surface area (Å²) in [6.07, 6.45) is 1.55. The minimum atomic E-state index is -0.182. The lowest BCUT2D eigenvalue weighted by molar-refractivity contribution is 0.466. The molecule has 3 heterocycles. The highest BCUT2D eigenvalue weighted by Crippen LogP contribution is 2.25. The molecule has 0 aliphatic carbocycles. The number of pyridine rings is 1. The van der Waals surface area contributed by atoms with Crippen molar-refractivity contribution in [3.8, 4) is 11.5 Å². The van der Waals surface area contributed by atoms with Gasteiger partial charge < -0.3 is 4.42 Å². The number of thioether (sulfide) groups is 1. The molecule has 0 amide bonds. The molecule has 0 fully saturated rings. The van der Waals surface area contributed by atoms with E-state index in [1.165, 1.54) is 22.2 Å². The number of fused-ring (bicyclic) bond motifs is 1. The minimum absolute atomic E-state index is 0.182. The van der Waals surface area contributed by atoms with Crippen molar-refractivity contribution in [2.75, 3.05) is 0 Å². The summed E-state index contributed by atoms with van der Waals surface area (Å²) in [5.41, 5.74) is 3.03. The predicted molar refractivity (Wildman–Crippen MR) is 101 cm³/mol. The van der Waals surface area contributed by atoms with E-state index >= 15 is 0 Å². The quantitative estimate of drug-likeness (QED) is 0.495. The average molecular weight is 385 g/mol. The van der Waals surface area contributed by atoms with Gasteiger partial charge in [0, 0.05) is 23.6 Å². The number of rotatable bonds is 4. The van der Waals surface area contributed by atoms with E-state index < -0.39 is 0 Å². The maximum Gasteiger partial charge on any atom is 0.277 e. The topological polar surface area (TPSA) is 73.3 Å². The van der Waals surface area contributed by atoms with Gasteiger partial charge in [0.25, 0.3) is 10.8 Å². The molecule has 8 heteroatoms. The van der Waals surface area contributed by atoms with Crippen LogP contribution in [0.5, 0.6) is 0 Å². The molecule has 0 aliphatic heterocycles. The van der Waals surface area contributed by atoms with Crippen LogP contribution in [0.2, 0.25) is 5.02 Å². The first kappa shape index (κ1) is 16.8. The van der Waals surface area contributed by atoms with Gasteiger partial charge in [0.2, 0.25) is 5.89 Å². The molecule has 6 nitrogen and oxygen atoms in total. The standard InChI is InChI=1S/C18H13ClN4O2S/c1-11-2-4-12(5-3-11)17-21-22-18(25-17)26-10-14-8-16(24)23-9-13(19)6-7-15(23)20-14/h2-9H,10H2,1H3. The Morgan fingerprint density at radius 2 is 1.96 bits per heavy atom. The van der Waals surface area contributed by atoms with Gasteiger partial charge in [0.1, 0.15) is 5.65 Å². The molecule has 26 heavy (non-hydrogen) atoms. The number of aromatic nitrogens is 4. The Labute approximate surface area is 157 Å². The minimum Gasteiger partial charge on any atom is -0.411 e. The molecule has 0 N–H and O–H groups in total. The summed E-state index contributed by atoms with van der Waals surface area (Å²) >= 11 is 7.25. The van der Waals surface area contributed by atoms with Crippen molar-refractivity contribution in [2.45, 2.75) is 17.9 Å². The molecule has 0 atom stereocenters. The predicted octanol–water partition coefficient (Wildman–Crippen LogP) is 4.00. The van der Waals surface area contributed by atoms with Crippen molar-refractivity contribution < 1.29 is 4.42 Å². The Morgan fingerprint density at radius 3 is 2.77 bits per heavy atom. The third-order valence-corrected chi connectivity index (χ3v) is 4.80. The van der Waals surface area contributed by atoms with Gasteiger partial charge in [-0.2, -0.15) is 0 Å². The van der Waals surface area contributed by atoms with Crippen LogP contribution >= 0.6 is 23.4 Å². The number of hydrogen-bond acceptors (Lipinski definition) is 6. The lowest BCUT2D eigenvalue weighted by Crippen LogP contribution is -2.15. The highest BCUT2D eigenvalue weighted by Gasteiger charge is 2.10. The summed E-state index contributed by atoms with van der Waals surface area (Å²) in [4.78, 5) is 16.6. The highest BCUT2D eigenvalue weighted by atomic mass is 35.5. The fraction of sp³-hybridized carbons (Fsp3) is 0.111. The number of hydrogen-bond donors (Lipinski definition) is 0. The highest BCUT2D eigenvalue weighted by molar-refractivity contribution is 7.98. The van der Waals surface area contributed by atoms with E-state index in [9.17, 15) is 4.79 Å². The van der Waals surface area contributed by atoms with Crippen molar-refractivity contribution in [1.29, 1.82) is 0 Å². The maximum absolute atomic E-state index is 12.2. The number of halogens is 1. The van der Waals surface area contributed by atoms with Gasteiger partial charge in [0.15, 0.2) is 0 Å². The Bertz CT molecular complexity index is 1140. The molecule has 130 valence electrons. The van der Waals surface area contributed by atoms with E-state index in [2.05, 4.69) is 15.2 Å². The zero-order chi connectivity index (χ0) is 18.1. The molecular formula is C18H13ClN4O2S. The Balaban J connectivity index is 1.52. The Kier molecular flexibility index (Phi) is 4.48. The van der Waals surface area contributed by atoms with Crippen LogP contribution in [0.1, 0.15) is 11.3 Å². The summed E-state index contributed by atoms with van der Waals surface area (Å²) in [5, 5.41) is 9.02. The molecule has 0 radical (unpaired) electrons. The monoisotopic (exact) mass is 384 g/mol. The molecule has 0 unspecified atom stereocenters. The molecule has 0 saturated carbocycles. The molecule has 1 aromatic carbocycles. The zero-order valence-corrected chi connectivity index (χ0v) is 15.3. The second-order valence-electron chi connectivity index (χ2n) is 5.69. The van der Waals surface area contributed by atoms with Crippen LogP contribution in [0, 0.1) is 6.92 Å². The summed E-state index contributed by atoms with van der Waals surface area (Å²) in [6.45, 7) is 2.02. The fourth-order valence-electron chi connectivity index (χ4n) is 2.42. The summed E-state index contributed by atoms with van der Waals surface area (Å²) in [5.74, 6) is 0.915. The SMILES string of the molecule is Cc1ccc(-c2nnc(SCc3cc(=O)n4cc(Cl)ccc4n3)o2)cc1. The number of benzene rings is 1. The molecule has 0 aliphatic rings. The van der Waals surface area contributed by atoms with Crippen LogP contribution in [0.15, 0.2) is 63.1 Å². The first-order chi connectivity index (χ1) is 12.6. The summed E-state index contributed by atoms with van der Waals surface area (Å²) in [6, 6.07) is 12.7. The summed E-state index contributed by atoms with van der Waals surface area (Å²) < 4.78 is 7.09. The van der Waals surface area contributed by atoms with Crippen molar-refractivity contribution >= 4 is 29.0 Å². The smallest absolute Gasteiger partial charge is 0.277 e. The van der Waals surface area contributed by atoms with Crippen molar-refractivity contribution in [3.63, 3.8) is 0 Å². The van der Waals surface area contributed by atoms with Crippen molar-refractivity contribution in [2.24, 2.45) is 0 Å².